The Bertz CT molecular complexity index is 473. The topological polar surface area (TPSA) is 22.1 Å². The molecule has 0 N–H and O–H groups in total. The van der Waals surface area contributed by atoms with Gasteiger partial charge < -0.3 is 4.74 Å². The lowest BCUT2D eigenvalue weighted by atomic mass is 10.3. The highest BCUT2D eigenvalue weighted by molar-refractivity contribution is 14.1. The fourth-order valence-corrected chi connectivity index (χ4v) is 1.74. The molecule has 0 aliphatic heterocycles. The molecule has 0 atom stereocenters. The third-order valence-electron chi connectivity index (χ3n) is 1.97. The second kappa shape index (κ2) is 5.50. The standard InChI is InChI=1S/C12H9ClINO/c13-6-9-5-12(8-15-7-9)16-11-3-1-10(14)2-4-11/h1-5,7-8H,6H2. The number of hydrogen-bond donors (Lipinski definition) is 0. The maximum Gasteiger partial charge on any atom is 0.146 e. The fourth-order valence-electron chi connectivity index (χ4n) is 1.23. The van der Waals surface area contributed by atoms with Gasteiger partial charge in [-0.25, -0.2) is 0 Å². The predicted molar refractivity (Wildman–Crippen MR) is 73.0 cm³/mol. The van der Waals surface area contributed by atoms with Crippen molar-refractivity contribution in [1.29, 1.82) is 0 Å². The maximum atomic E-state index is 5.73. The zero-order chi connectivity index (χ0) is 11.4. The maximum absolute atomic E-state index is 5.73. The van der Waals surface area contributed by atoms with Crippen molar-refractivity contribution in [3.8, 4) is 11.5 Å². The number of nitrogens with zero attached hydrogens (tertiary/aromatic N) is 1. The van der Waals surface area contributed by atoms with Crippen LogP contribution in [-0.2, 0) is 5.88 Å². The van der Waals surface area contributed by atoms with Gasteiger partial charge in [-0.1, -0.05) is 0 Å². The van der Waals surface area contributed by atoms with Gasteiger partial charge in [0.1, 0.15) is 11.5 Å². The summed E-state index contributed by atoms with van der Waals surface area (Å²) in [5, 5.41) is 0. The van der Waals surface area contributed by atoms with Gasteiger partial charge in [0.2, 0.25) is 0 Å². The smallest absolute Gasteiger partial charge is 0.146 e. The summed E-state index contributed by atoms with van der Waals surface area (Å²) in [6.07, 6.45) is 3.40. The van der Waals surface area contributed by atoms with Gasteiger partial charge >= 0.3 is 0 Å². The molecule has 0 aliphatic rings. The molecule has 0 bridgehead atoms. The molecule has 0 spiro atoms. The summed E-state index contributed by atoms with van der Waals surface area (Å²) in [4.78, 5) is 4.06. The fraction of sp³-hybridized carbons (Fsp3) is 0.0833. The number of alkyl halides is 1. The van der Waals surface area contributed by atoms with Crippen LogP contribution in [0.1, 0.15) is 5.56 Å². The van der Waals surface area contributed by atoms with Crippen molar-refractivity contribution in [2.45, 2.75) is 5.88 Å². The molecule has 0 radical (unpaired) electrons. The molecule has 2 aromatic rings. The molecule has 16 heavy (non-hydrogen) atoms. The Morgan fingerprint density at radius 2 is 1.88 bits per heavy atom. The van der Waals surface area contributed by atoms with E-state index in [2.05, 4.69) is 27.6 Å². The molecule has 1 heterocycles. The van der Waals surface area contributed by atoms with E-state index >= 15 is 0 Å². The van der Waals surface area contributed by atoms with E-state index in [-0.39, 0.29) is 0 Å². The molecular formula is C12H9ClINO. The summed E-state index contributed by atoms with van der Waals surface area (Å²) in [5.41, 5.74) is 0.949. The molecule has 1 aromatic carbocycles. The zero-order valence-corrected chi connectivity index (χ0v) is 11.3. The Hall–Kier alpha value is -0.810. The summed E-state index contributed by atoms with van der Waals surface area (Å²) in [7, 11) is 0. The van der Waals surface area contributed by atoms with E-state index in [0.29, 0.717) is 11.6 Å². The van der Waals surface area contributed by atoms with Crippen molar-refractivity contribution in [2.24, 2.45) is 0 Å². The van der Waals surface area contributed by atoms with Gasteiger partial charge in [-0.05, 0) is 58.5 Å². The predicted octanol–water partition coefficient (Wildman–Crippen LogP) is 4.22. The second-order valence-electron chi connectivity index (χ2n) is 3.22. The van der Waals surface area contributed by atoms with Gasteiger partial charge in [-0.15, -0.1) is 11.6 Å². The van der Waals surface area contributed by atoms with Gasteiger partial charge in [0, 0.05) is 15.6 Å². The number of hydrogen-bond acceptors (Lipinski definition) is 2. The van der Waals surface area contributed by atoms with Gasteiger partial charge in [0.25, 0.3) is 0 Å². The Balaban J connectivity index is 2.16. The first kappa shape index (κ1) is 11.7. The molecule has 0 fully saturated rings. The highest BCUT2D eigenvalue weighted by Crippen LogP contribution is 2.22. The lowest BCUT2D eigenvalue weighted by Crippen LogP contribution is -1.87. The SMILES string of the molecule is ClCc1cncc(Oc2ccc(I)cc2)c1. The van der Waals surface area contributed by atoms with Crippen molar-refractivity contribution < 1.29 is 4.74 Å². The average molecular weight is 346 g/mol. The minimum absolute atomic E-state index is 0.441. The summed E-state index contributed by atoms with van der Waals surface area (Å²) in [6, 6.07) is 9.73. The molecule has 4 heteroatoms. The Labute approximate surface area is 113 Å². The van der Waals surface area contributed by atoms with Crippen LogP contribution < -0.4 is 4.74 Å². The van der Waals surface area contributed by atoms with Crippen LogP contribution in [0.3, 0.4) is 0 Å². The summed E-state index contributed by atoms with van der Waals surface area (Å²) in [6.45, 7) is 0. The quantitative estimate of drug-likeness (QED) is 0.614. The lowest BCUT2D eigenvalue weighted by molar-refractivity contribution is 0.479. The monoisotopic (exact) mass is 345 g/mol. The molecule has 2 rings (SSSR count). The minimum Gasteiger partial charge on any atom is -0.456 e. The number of aromatic nitrogens is 1. The van der Waals surface area contributed by atoms with Gasteiger partial charge in [0.05, 0.1) is 6.20 Å². The van der Waals surface area contributed by atoms with E-state index in [4.69, 9.17) is 16.3 Å². The van der Waals surface area contributed by atoms with Gasteiger partial charge in [0.15, 0.2) is 0 Å². The molecule has 82 valence electrons. The van der Waals surface area contributed by atoms with E-state index in [1.807, 2.05) is 30.3 Å². The van der Waals surface area contributed by atoms with E-state index in [1.165, 1.54) is 3.57 Å². The van der Waals surface area contributed by atoms with Crippen LogP contribution in [0.2, 0.25) is 0 Å². The van der Waals surface area contributed by atoms with Crippen LogP contribution in [0.5, 0.6) is 11.5 Å². The zero-order valence-electron chi connectivity index (χ0n) is 8.36. The van der Waals surface area contributed by atoms with Crippen LogP contribution >= 0.6 is 34.2 Å². The number of pyridine rings is 1. The van der Waals surface area contributed by atoms with E-state index in [0.717, 1.165) is 11.3 Å². The van der Waals surface area contributed by atoms with Crippen LogP contribution in [0.15, 0.2) is 42.7 Å². The van der Waals surface area contributed by atoms with Crippen LogP contribution in [0.25, 0.3) is 0 Å². The third-order valence-corrected chi connectivity index (χ3v) is 3.00. The van der Waals surface area contributed by atoms with Crippen molar-refractivity contribution in [1.82, 2.24) is 4.98 Å². The molecule has 0 saturated carbocycles. The number of rotatable bonds is 3. The molecule has 1 aromatic heterocycles. The molecule has 0 unspecified atom stereocenters. The lowest BCUT2D eigenvalue weighted by Gasteiger charge is -2.05. The first-order valence-corrected chi connectivity index (χ1v) is 6.32. The third kappa shape index (κ3) is 3.09. The van der Waals surface area contributed by atoms with Crippen molar-refractivity contribution in [2.75, 3.05) is 0 Å². The molecule has 0 amide bonds. The van der Waals surface area contributed by atoms with Crippen molar-refractivity contribution >= 4 is 34.2 Å². The van der Waals surface area contributed by atoms with Gasteiger partial charge in [-0.3, -0.25) is 4.98 Å². The van der Waals surface area contributed by atoms with E-state index in [1.54, 1.807) is 12.4 Å². The normalized spacial score (nSPS) is 10.1. The van der Waals surface area contributed by atoms with Crippen LogP contribution in [0.4, 0.5) is 0 Å². The molecular weight excluding hydrogens is 336 g/mol. The summed E-state index contributed by atoms with van der Waals surface area (Å²) < 4.78 is 6.83. The summed E-state index contributed by atoms with van der Waals surface area (Å²) in [5.74, 6) is 1.95. The number of benzene rings is 1. The van der Waals surface area contributed by atoms with Crippen LogP contribution in [-0.4, -0.2) is 4.98 Å². The second-order valence-corrected chi connectivity index (χ2v) is 4.73. The first-order valence-electron chi connectivity index (χ1n) is 4.71. The summed E-state index contributed by atoms with van der Waals surface area (Å²) >= 11 is 7.98. The molecule has 0 saturated heterocycles. The Morgan fingerprint density at radius 1 is 1.12 bits per heavy atom. The van der Waals surface area contributed by atoms with E-state index in [9.17, 15) is 0 Å². The van der Waals surface area contributed by atoms with Crippen LogP contribution in [0, 0.1) is 3.57 Å². The highest BCUT2D eigenvalue weighted by atomic mass is 127. The molecule has 0 aliphatic carbocycles. The van der Waals surface area contributed by atoms with E-state index < -0.39 is 0 Å². The highest BCUT2D eigenvalue weighted by Gasteiger charge is 1.99. The van der Waals surface area contributed by atoms with Gasteiger partial charge in [-0.2, -0.15) is 0 Å². The van der Waals surface area contributed by atoms with Crippen molar-refractivity contribution in [3.05, 3.63) is 51.9 Å². The molecule has 2 nitrogen and oxygen atoms in total. The van der Waals surface area contributed by atoms with Crippen molar-refractivity contribution in [3.63, 3.8) is 0 Å². The first-order chi connectivity index (χ1) is 7.78. The Morgan fingerprint density at radius 3 is 2.56 bits per heavy atom. The number of halogens is 2. The number of ether oxygens (including phenoxy) is 1. The Kier molecular flexibility index (Phi) is 4.01. The largest absolute Gasteiger partial charge is 0.456 e. The average Bonchev–Trinajstić information content (AvgIpc) is 2.32. The minimum atomic E-state index is 0.441.